The summed E-state index contributed by atoms with van der Waals surface area (Å²) < 4.78 is 4.34. The molecule has 0 bridgehead atoms. The molecule has 5 nitrogen and oxygen atoms in total. The van der Waals surface area contributed by atoms with Crippen LogP contribution in [0.5, 0.6) is 0 Å². The second-order valence-electron chi connectivity index (χ2n) is 7.30. The SMILES string of the molecule is CCCCc1nc2ccc(Br)cc2c(=O)n1N=Cc1cccn1-c1cccc(C)c1. The van der Waals surface area contributed by atoms with Crippen LogP contribution in [-0.4, -0.2) is 20.4 Å². The van der Waals surface area contributed by atoms with E-state index < -0.39 is 0 Å². The number of unbranched alkanes of at least 4 members (excludes halogenated alkanes) is 1. The van der Waals surface area contributed by atoms with E-state index in [0.29, 0.717) is 23.1 Å². The first kappa shape index (κ1) is 20.3. The van der Waals surface area contributed by atoms with Crippen molar-refractivity contribution in [2.75, 3.05) is 0 Å². The Hall–Kier alpha value is -2.99. The zero-order chi connectivity index (χ0) is 21.1. The number of benzene rings is 2. The van der Waals surface area contributed by atoms with Gasteiger partial charge in [0.05, 0.1) is 22.8 Å². The van der Waals surface area contributed by atoms with E-state index in [4.69, 9.17) is 4.98 Å². The number of hydrogen-bond acceptors (Lipinski definition) is 3. The smallest absolute Gasteiger partial charge is 0.282 e. The molecule has 2 aromatic carbocycles. The zero-order valence-corrected chi connectivity index (χ0v) is 18.6. The van der Waals surface area contributed by atoms with Gasteiger partial charge in [0, 0.05) is 22.8 Å². The van der Waals surface area contributed by atoms with Crippen molar-refractivity contribution in [3.05, 3.63) is 92.7 Å². The number of aryl methyl sites for hydroxylation is 2. The molecule has 0 aliphatic heterocycles. The molecular formula is C24H23BrN4O. The number of rotatable bonds is 6. The highest BCUT2D eigenvalue weighted by Gasteiger charge is 2.11. The molecule has 152 valence electrons. The molecule has 0 amide bonds. The summed E-state index contributed by atoms with van der Waals surface area (Å²) in [5.41, 5.74) is 3.68. The van der Waals surface area contributed by atoms with Gasteiger partial charge in [-0.1, -0.05) is 41.4 Å². The van der Waals surface area contributed by atoms with Crippen LogP contribution in [0.25, 0.3) is 16.6 Å². The van der Waals surface area contributed by atoms with Gasteiger partial charge in [-0.15, -0.1) is 0 Å². The molecule has 2 heterocycles. The van der Waals surface area contributed by atoms with Crippen molar-refractivity contribution in [1.82, 2.24) is 14.2 Å². The van der Waals surface area contributed by atoms with Crippen molar-refractivity contribution < 1.29 is 0 Å². The average Bonchev–Trinajstić information content (AvgIpc) is 3.21. The molecule has 6 heteroatoms. The fourth-order valence-corrected chi connectivity index (χ4v) is 3.80. The van der Waals surface area contributed by atoms with Crippen molar-refractivity contribution in [3.8, 4) is 5.69 Å². The summed E-state index contributed by atoms with van der Waals surface area (Å²) in [6, 6.07) is 17.8. The van der Waals surface area contributed by atoms with E-state index >= 15 is 0 Å². The van der Waals surface area contributed by atoms with E-state index in [2.05, 4.69) is 57.6 Å². The van der Waals surface area contributed by atoms with Gasteiger partial charge in [0.15, 0.2) is 0 Å². The van der Waals surface area contributed by atoms with Crippen molar-refractivity contribution in [2.24, 2.45) is 5.10 Å². The highest BCUT2D eigenvalue weighted by molar-refractivity contribution is 9.10. The van der Waals surface area contributed by atoms with Gasteiger partial charge < -0.3 is 4.57 Å². The lowest BCUT2D eigenvalue weighted by Crippen LogP contribution is -2.22. The number of aromatic nitrogens is 3. The number of halogens is 1. The normalized spacial score (nSPS) is 11.6. The molecule has 0 spiro atoms. The largest absolute Gasteiger partial charge is 0.316 e. The van der Waals surface area contributed by atoms with Crippen LogP contribution in [0.2, 0.25) is 0 Å². The lowest BCUT2D eigenvalue weighted by molar-refractivity contribution is 0.674. The second kappa shape index (κ2) is 8.79. The molecule has 4 aromatic rings. The van der Waals surface area contributed by atoms with Gasteiger partial charge >= 0.3 is 0 Å². The standard InChI is InChI=1S/C24H23BrN4O/c1-3-4-10-23-27-22-12-11-18(25)15-21(22)24(30)29(23)26-16-20-9-6-13-28(20)19-8-5-7-17(2)14-19/h5-9,11-16H,3-4,10H2,1-2H3. The van der Waals surface area contributed by atoms with E-state index in [1.165, 1.54) is 10.2 Å². The fraction of sp³-hybridized carbons (Fsp3) is 0.208. The Morgan fingerprint density at radius 1 is 1.13 bits per heavy atom. The predicted octanol–water partition coefficient (Wildman–Crippen LogP) is 5.48. The quantitative estimate of drug-likeness (QED) is 0.356. The first-order valence-corrected chi connectivity index (χ1v) is 10.9. The second-order valence-corrected chi connectivity index (χ2v) is 8.21. The van der Waals surface area contributed by atoms with Crippen LogP contribution in [0.1, 0.15) is 36.8 Å². The number of hydrogen-bond donors (Lipinski definition) is 0. The molecular weight excluding hydrogens is 440 g/mol. The molecule has 30 heavy (non-hydrogen) atoms. The third kappa shape index (κ3) is 4.14. The maximum Gasteiger partial charge on any atom is 0.282 e. The zero-order valence-electron chi connectivity index (χ0n) is 17.0. The molecule has 0 saturated heterocycles. The van der Waals surface area contributed by atoms with Crippen molar-refractivity contribution in [3.63, 3.8) is 0 Å². The molecule has 0 aliphatic rings. The van der Waals surface area contributed by atoms with Crippen molar-refractivity contribution in [2.45, 2.75) is 33.1 Å². The van der Waals surface area contributed by atoms with Crippen LogP contribution < -0.4 is 5.56 Å². The molecule has 0 radical (unpaired) electrons. The summed E-state index contributed by atoms with van der Waals surface area (Å²) in [5.74, 6) is 0.682. The Labute approximate surface area is 183 Å². The van der Waals surface area contributed by atoms with Crippen LogP contribution in [0.4, 0.5) is 0 Å². The Bertz CT molecular complexity index is 1290. The summed E-state index contributed by atoms with van der Waals surface area (Å²) in [6.07, 6.45) is 6.39. The first-order chi connectivity index (χ1) is 14.6. The Kier molecular flexibility index (Phi) is 5.95. The van der Waals surface area contributed by atoms with Gasteiger partial charge in [-0.3, -0.25) is 4.79 Å². The highest BCUT2D eigenvalue weighted by Crippen LogP contribution is 2.17. The Morgan fingerprint density at radius 3 is 2.80 bits per heavy atom. The monoisotopic (exact) mass is 462 g/mol. The van der Waals surface area contributed by atoms with Gasteiger partial charge in [0.1, 0.15) is 5.82 Å². The van der Waals surface area contributed by atoms with Crippen LogP contribution in [0, 0.1) is 6.92 Å². The molecule has 0 aliphatic carbocycles. The summed E-state index contributed by atoms with van der Waals surface area (Å²) in [4.78, 5) is 17.9. The maximum absolute atomic E-state index is 13.2. The Balaban J connectivity index is 1.80. The summed E-state index contributed by atoms with van der Waals surface area (Å²) >= 11 is 3.45. The topological polar surface area (TPSA) is 52.2 Å². The number of fused-ring (bicyclic) bond motifs is 1. The molecule has 0 saturated carbocycles. The molecule has 4 rings (SSSR count). The molecule has 0 atom stereocenters. The average molecular weight is 463 g/mol. The van der Waals surface area contributed by atoms with E-state index in [0.717, 1.165) is 28.7 Å². The minimum Gasteiger partial charge on any atom is -0.316 e. The van der Waals surface area contributed by atoms with Crippen LogP contribution >= 0.6 is 15.9 Å². The van der Waals surface area contributed by atoms with E-state index in [1.807, 2.05) is 36.5 Å². The van der Waals surface area contributed by atoms with E-state index in [-0.39, 0.29) is 5.56 Å². The number of nitrogens with zero attached hydrogens (tertiary/aromatic N) is 4. The first-order valence-electron chi connectivity index (χ1n) is 10.1. The molecule has 0 unspecified atom stereocenters. The lowest BCUT2D eigenvalue weighted by atomic mass is 10.2. The fourth-order valence-electron chi connectivity index (χ4n) is 3.44. The van der Waals surface area contributed by atoms with Gasteiger partial charge in [-0.25, -0.2) is 4.98 Å². The van der Waals surface area contributed by atoms with Crippen molar-refractivity contribution >= 4 is 33.0 Å². The van der Waals surface area contributed by atoms with Crippen LogP contribution in [0.15, 0.2) is 75.2 Å². The van der Waals surface area contributed by atoms with Gasteiger partial charge in [0.25, 0.3) is 5.56 Å². The molecule has 2 aromatic heterocycles. The van der Waals surface area contributed by atoms with E-state index in [9.17, 15) is 4.79 Å². The minimum atomic E-state index is -0.155. The summed E-state index contributed by atoms with van der Waals surface area (Å²) in [6.45, 7) is 4.19. The summed E-state index contributed by atoms with van der Waals surface area (Å²) in [5, 5.41) is 5.12. The lowest BCUT2D eigenvalue weighted by Gasteiger charge is -2.10. The molecule has 0 N–H and O–H groups in total. The van der Waals surface area contributed by atoms with Crippen LogP contribution in [0.3, 0.4) is 0 Å². The van der Waals surface area contributed by atoms with Gasteiger partial charge in [-0.2, -0.15) is 9.78 Å². The van der Waals surface area contributed by atoms with Gasteiger partial charge in [-0.05, 0) is 61.4 Å². The van der Waals surface area contributed by atoms with E-state index in [1.54, 1.807) is 12.3 Å². The highest BCUT2D eigenvalue weighted by atomic mass is 79.9. The predicted molar refractivity (Wildman–Crippen MR) is 126 cm³/mol. The summed E-state index contributed by atoms with van der Waals surface area (Å²) in [7, 11) is 0. The van der Waals surface area contributed by atoms with Crippen molar-refractivity contribution in [1.29, 1.82) is 0 Å². The van der Waals surface area contributed by atoms with Gasteiger partial charge in [0.2, 0.25) is 0 Å². The third-order valence-corrected chi connectivity index (χ3v) is 5.49. The Morgan fingerprint density at radius 2 is 2.00 bits per heavy atom. The third-order valence-electron chi connectivity index (χ3n) is 4.99. The maximum atomic E-state index is 13.2. The van der Waals surface area contributed by atoms with Crippen LogP contribution in [-0.2, 0) is 6.42 Å². The minimum absolute atomic E-state index is 0.155. The molecule has 0 fully saturated rings.